The minimum absolute atomic E-state index is 0. The summed E-state index contributed by atoms with van der Waals surface area (Å²) >= 11 is 0. The number of hydrogen-bond acceptors (Lipinski definition) is 2. The first-order valence-corrected chi connectivity index (χ1v) is 8.50. The van der Waals surface area contributed by atoms with Gasteiger partial charge in [-0.1, -0.05) is 12.1 Å². The van der Waals surface area contributed by atoms with Gasteiger partial charge < -0.3 is 15.5 Å². The minimum atomic E-state index is -0.851. The van der Waals surface area contributed by atoms with Crippen molar-refractivity contribution in [2.24, 2.45) is 4.99 Å². The molecule has 2 N–H and O–H groups in total. The van der Waals surface area contributed by atoms with E-state index in [9.17, 15) is 8.78 Å². The van der Waals surface area contributed by atoms with Crippen LogP contribution in [0.1, 0.15) is 29.7 Å². The highest BCUT2D eigenvalue weighted by molar-refractivity contribution is 14.0. The van der Waals surface area contributed by atoms with E-state index in [0.717, 1.165) is 11.8 Å². The number of guanidine groups is 1. The number of rotatable bonds is 5. The van der Waals surface area contributed by atoms with E-state index >= 15 is 0 Å². The van der Waals surface area contributed by atoms with Gasteiger partial charge >= 0.3 is 0 Å². The number of halogens is 3. The van der Waals surface area contributed by atoms with Crippen LogP contribution >= 0.6 is 24.0 Å². The molecular formula is C20H27F2IN4. The molecule has 27 heavy (non-hydrogen) atoms. The molecule has 0 fully saturated rings. The second-order valence-electron chi connectivity index (χ2n) is 6.47. The summed E-state index contributed by atoms with van der Waals surface area (Å²) in [6.07, 6.45) is 0. The van der Waals surface area contributed by atoms with Gasteiger partial charge in [0.15, 0.2) is 17.6 Å². The van der Waals surface area contributed by atoms with Crippen molar-refractivity contribution in [2.45, 2.75) is 26.4 Å². The SMILES string of the molecule is CN=C(NCc1ccc(N(C)C)cc1C)NC(C)c1ccc(F)c(F)c1.I. The molecule has 0 amide bonds. The fourth-order valence-corrected chi connectivity index (χ4v) is 2.60. The second kappa shape index (κ2) is 10.4. The van der Waals surface area contributed by atoms with Crippen LogP contribution in [0.15, 0.2) is 41.4 Å². The average Bonchev–Trinajstić information content (AvgIpc) is 2.61. The molecule has 2 aromatic rings. The maximum Gasteiger partial charge on any atom is 0.191 e. The molecule has 0 radical (unpaired) electrons. The van der Waals surface area contributed by atoms with E-state index in [2.05, 4.69) is 45.6 Å². The van der Waals surface area contributed by atoms with E-state index in [1.807, 2.05) is 21.0 Å². The predicted octanol–water partition coefficient (Wildman–Crippen LogP) is 4.38. The van der Waals surface area contributed by atoms with Gasteiger partial charge in [0.05, 0.1) is 6.04 Å². The van der Waals surface area contributed by atoms with Crippen molar-refractivity contribution in [3.8, 4) is 0 Å². The zero-order valence-corrected chi connectivity index (χ0v) is 18.6. The zero-order chi connectivity index (χ0) is 19.3. The first kappa shape index (κ1) is 23.1. The minimum Gasteiger partial charge on any atom is -0.378 e. The van der Waals surface area contributed by atoms with E-state index in [1.165, 1.54) is 17.2 Å². The monoisotopic (exact) mass is 488 g/mol. The smallest absolute Gasteiger partial charge is 0.191 e. The topological polar surface area (TPSA) is 39.7 Å². The van der Waals surface area contributed by atoms with Gasteiger partial charge in [0, 0.05) is 33.4 Å². The van der Waals surface area contributed by atoms with Gasteiger partial charge in [-0.3, -0.25) is 4.99 Å². The molecule has 0 spiro atoms. The van der Waals surface area contributed by atoms with E-state index in [1.54, 1.807) is 13.1 Å². The maximum absolute atomic E-state index is 13.4. The summed E-state index contributed by atoms with van der Waals surface area (Å²) in [5, 5.41) is 6.45. The molecule has 0 aliphatic carbocycles. The summed E-state index contributed by atoms with van der Waals surface area (Å²) in [5.74, 6) is -1.10. The third-order valence-corrected chi connectivity index (χ3v) is 4.31. The second-order valence-corrected chi connectivity index (χ2v) is 6.47. The number of hydrogen-bond donors (Lipinski definition) is 2. The number of aliphatic imine (C=N–C) groups is 1. The van der Waals surface area contributed by atoms with Crippen LogP contribution in [0.2, 0.25) is 0 Å². The highest BCUT2D eigenvalue weighted by atomic mass is 127. The summed E-state index contributed by atoms with van der Waals surface area (Å²) in [6.45, 7) is 4.56. The maximum atomic E-state index is 13.4. The number of anilines is 1. The Morgan fingerprint density at radius 2 is 1.81 bits per heavy atom. The molecule has 4 nitrogen and oxygen atoms in total. The highest BCUT2D eigenvalue weighted by Gasteiger charge is 2.11. The number of aryl methyl sites for hydroxylation is 1. The Morgan fingerprint density at radius 1 is 1.11 bits per heavy atom. The van der Waals surface area contributed by atoms with Crippen LogP contribution in [0.25, 0.3) is 0 Å². The van der Waals surface area contributed by atoms with Crippen molar-refractivity contribution < 1.29 is 8.78 Å². The molecule has 0 saturated heterocycles. The summed E-state index contributed by atoms with van der Waals surface area (Å²) in [4.78, 5) is 6.27. The first-order valence-electron chi connectivity index (χ1n) is 8.50. The fourth-order valence-electron chi connectivity index (χ4n) is 2.60. The average molecular weight is 488 g/mol. The van der Waals surface area contributed by atoms with Gasteiger partial charge in [0.2, 0.25) is 0 Å². The van der Waals surface area contributed by atoms with Crippen LogP contribution in [-0.2, 0) is 6.54 Å². The van der Waals surface area contributed by atoms with Gasteiger partial charge in [-0.25, -0.2) is 8.78 Å². The zero-order valence-electron chi connectivity index (χ0n) is 16.3. The van der Waals surface area contributed by atoms with E-state index < -0.39 is 11.6 Å². The van der Waals surface area contributed by atoms with Gasteiger partial charge in [-0.2, -0.15) is 0 Å². The first-order chi connectivity index (χ1) is 12.3. The summed E-state index contributed by atoms with van der Waals surface area (Å²) in [6, 6.07) is 9.98. The Kier molecular flexibility index (Phi) is 8.95. The van der Waals surface area contributed by atoms with Crippen molar-refractivity contribution in [3.05, 3.63) is 64.7 Å². The van der Waals surface area contributed by atoms with Crippen LogP contribution in [0, 0.1) is 18.6 Å². The Balaban J connectivity index is 0.00000364. The summed E-state index contributed by atoms with van der Waals surface area (Å²) in [5.41, 5.74) is 4.16. The van der Waals surface area contributed by atoms with Crippen molar-refractivity contribution in [1.82, 2.24) is 10.6 Å². The third kappa shape index (κ3) is 6.34. The molecule has 0 aromatic heterocycles. The molecule has 1 unspecified atom stereocenters. The van der Waals surface area contributed by atoms with Gasteiger partial charge in [-0.15, -0.1) is 24.0 Å². The number of nitrogens with one attached hydrogen (secondary N) is 2. The Morgan fingerprint density at radius 3 is 2.37 bits per heavy atom. The molecule has 0 aliphatic heterocycles. The van der Waals surface area contributed by atoms with E-state index in [-0.39, 0.29) is 30.0 Å². The van der Waals surface area contributed by atoms with Gasteiger partial charge in [-0.05, 0) is 54.8 Å². The molecule has 148 valence electrons. The lowest BCUT2D eigenvalue weighted by Gasteiger charge is -2.19. The van der Waals surface area contributed by atoms with Crippen molar-refractivity contribution in [3.63, 3.8) is 0 Å². The lowest BCUT2D eigenvalue weighted by atomic mass is 10.1. The summed E-state index contributed by atoms with van der Waals surface area (Å²) in [7, 11) is 5.70. The fraction of sp³-hybridized carbons (Fsp3) is 0.350. The van der Waals surface area contributed by atoms with E-state index in [4.69, 9.17) is 0 Å². The van der Waals surface area contributed by atoms with Crippen LogP contribution < -0.4 is 15.5 Å². The molecule has 2 aromatic carbocycles. The largest absolute Gasteiger partial charge is 0.378 e. The molecule has 1 atom stereocenters. The molecule has 0 heterocycles. The van der Waals surface area contributed by atoms with E-state index in [0.29, 0.717) is 18.1 Å². The Bertz CT molecular complexity index is 794. The predicted molar refractivity (Wildman–Crippen MR) is 119 cm³/mol. The number of benzene rings is 2. The van der Waals surface area contributed by atoms with Crippen LogP contribution in [0.3, 0.4) is 0 Å². The van der Waals surface area contributed by atoms with Crippen molar-refractivity contribution in [2.75, 3.05) is 26.0 Å². The van der Waals surface area contributed by atoms with Crippen molar-refractivity contribution in [1.29, 1.82) is 0 Å². The quantitative estimate of drug-likeness (QED) is 0.373. The van der Waals surface area contributed by atoms with Crippen LogP contribution in [-0.4, -0.2) is 27.1 Å². The van der Waals surface area contributed by atoms with Crippen LogP contribution in [0.4, 0.5) is 14.5 Å². The van der Waals surface area contributed by atoms with Gasteiger partial charge in [0.1, 0.15) is 0 Å². The molecule has 0 aliphatic rings. The molecule has 2 rings (SSSR count). The van der Waals surface area contributed by atoms with Crippen LogP contribution in [0.5, 0.6) is 0 Å². The number of nitrogens with zero attached hydrogens (tertiary/aromatic N) is 2. The Hall–Kier alpha value is -1.90. The standard InChI is InChI=1S/C20H26F2N4.HI/c1-13-10-17(26(4)5)8-6-16(13)12-24-20(23-3)25-14(2)15-7-9-18(21)19(22)11-15;/h6-11,14H,12H2,1-5H3,(H2,23,24,25);1H. The molecule has 7 heteroatoms. The lowest BCUT2D eigenvalue weighted by molar-refractivity contribution is 0.504. The molecular weight excluding hydrogens is 461 g/mol. The lowest BCUT2D eigenvalue weighted by Crippen LogP contribution is -2.38. The molecule has 0 saturated carbocycles. The Labute approximate surface area is 177 Å². The third-order valence-electron chi connectivity index (χ3n) is 4.31. The normalized spacial score (nSPS) is 12.2. The van der Waals surface area contributed by atoms with Crippen molar-refractivity contribution >= 4 is 35.6 Å². The summed E-state index contributed by atoms with van der Waals surface area (Å²) < 4.78 is 26.5. The van der Waals surface area contributed by atoms with Gasteiger partial charge in [0.25, 0.3) is 0 Å². The highest BCUT2D eigenvalue weighted by Crippen LogP contribution is 2.18. The molecule has 0 bridgehead atoms.